The molecule has 1 aliphatic heterocycles. The first-order valence-corrected chi connectivity index (χ1v) is 9.91. The van der Waals surface area contributed by atoms with Gasteiger partial charge in [0.15, 0.2) is 0 Å². The summed E-state index contributed by atoms with van der Waals surface area (Å²) in [5, 5.41) is 2.94. The number of nitrogens with one attached hydrogen (secondary N) is 1. The summed E-state index contributed by atoms with van der Waals surface area (Å²) in [5.74, 6) is 0.429. The molecule has 1 N–H and O–H groups in total. The van der Waals surface area contributed by atoms with Gasteiger partial charge in [0, 0.05) is 44.6 Å². The third kappa shape index (κ3) is 4.71. The van der Waals surface area contributed by atoms with Gasteiger partial charge in [0.05, 0.1) is 0 Å². The Hall–Kier alpha value is -3.41. The summed E-state index contributed by atoms with van der Waals surface area (Å²) < 4.78 is 0. The SMILES string of the molecule is Cc1ccc(CNC(=O)c2ccnc(N3CCN(c4ccccc4)CC3)n2)cc1. The highest BCUT2D eigenvalue weighted by atomic mass is 16.1. The molecule has 1 amide bonds. The molecule has 29 heavy (non-hydrogen) atoms. The zero-order valence-corrected chi connectivity index (χ0v) is 16.6. The zero-order chi connectivity index (χ0) is 20.1. The standard InChI is InChI=1S/C23H25N5O/c1-18-7-9-19(10-8-18)17-25-22(29)21-11-12-24-23(26-21)28-15-13-27(14-16-28)20-5-3-2-4-6-20/h2-12H,13-17H2,1H3,(H,25,29). The molecule has 148 valence electrons. The van der Waals surface area contributed by atoms with Gasteiger partial charge >= 0.3 is 0 Å². The zero-order valence-electron chi connectivity index (χ0n) is 16.6. The van der Waals surface area contributed by atoms with Crippen LogP contribution in [-0.2, 0) is 6.54 Å². The maximum absolute atomic E-state index is 12.5. The van der Waals surface area contributed by atoms with Gasteiger partial charge in [0.25, 0.3) is 5.91 Å². The summed E-state index contributed by atoms with van der Waals surface area (Å²) >= 11 is 0. The van der Waals surface area contributed by atoms with Gasteiger partial charge in [0.1, 0.15) is 5.69 Å². The van der Waals surface area contributed by atoms with Crippen molar-refractivity contribution < 1.29 is 4.79 Å². The number of rotatable bonds is 5. The number of hydrogen-bond acceptors (Lipinski definition) is 5. The van der Waals surface area contributed by atoms with Crippen LogP contribution in [0.25, 0.3) is 0 Å². The molecule has 0 aliphatic carbocycles. The highest BCUT2D eigenvalue weighted by Gasteiger charge is 2.20. The van der Waals surface area contributed by atoms with Crippen molar-refractivity contribution in [3.05, 3.63) is 83.7 Å². The number of amides is 1. The fourth-order valence-corrected chi connectivity index (χ4v) is 3.41. The maximum Gasteiger partial charge on any atom is 0.270 e. The normalized spacial score (nSPS) is 14.0. The van der Waals surface area contributed by atoms with Crippen molar-refractivity contribution in [2.75, 3.05) is 36.0 Å². The molecule has 0 bridgehead atoms. The minimum Gasteiger partial charge on any atom is -0.368 e. The van der Waals surface area contributed by atoms with Crippen LogP contribution in [0.5, 0.6) is 0 Å². The molecule has 1 aromatic heterocycles. The second-order valence-corrected chi connectivity index (χ2v) is 7.22. The summed E-state index contributed by atoms with van der Waals surface area (Å²) in [7, 11) is 0. The Morgan fingerprint density at radius 2 is 1.62 bits per heavy atom. The predicted molar refractivity (Wildman–Crippen MR) is 115 cm³/mol. The lowest BCUT2D eigenvalue weighted by molar-refractivity contribution is 0.0946. The van der Waals surface area contributed by atoms with E-state index in [4.69, 9.17) is 0 Å². The second kappa shape index (κ2) is 8.73. The van der Waals surface area contributed by atoms with Crippen LogP contribution in [0.1, 0.15) is 21.6 Å². The molecule has 1 fully saturated rings. The first-order valence-electron chi connectivity index (χ1n) is 9.91. The highest BCUT2D eigenvalue weighted by molar-refractivity contribution is 5.92. The molecular formula is C23H25N5O. The van der Waals surface area contributed by atoms with E-state index in [2.05, 4.69) is 49.4 Å². The van der Waals surface area contributed by atoms with E-state index in [9.17, 15) is 4.79 Å². The lowest BCUT2D eigenvalue weighted by Gasteiger charge is -2.36. The molecule has 6 nitrogen and oxygen atoms in total. The number of piperazine rings is 1. The number of anilines is 2. The topological polar surface area (TPSA) is 61.4 Å². The molecule has 1 aliphatic rings. The van der Waals surface area contributed by atoms with Crippen molar-refractivity contribution in [3.8, 4) is 0 Å². The lowest BCUT2D eigenvalue weighted by atomic mass is 10.1. The van der Waals surface area contributed by atoms with Crippen LogP contribution in [-0.4, -0.2) is 42.1 Å². The molecular weight excluding hydrogens is 362 g/mol. The maximum atomic E-state index is 12.5. The molecule has 0 atom stereocenters. The molecule has 2 heterocycles. The third-order valence-corrected chi connectivity index (χ3v) is 5.13. The average Bonchev–Trinajstić information content (AvgIpc) is 2.79. The first-order chi connectivity index (χ1) is 14.2. The van der Waals surface area contributed by atoms with Gasteiger partial charge in [-0.15, -0.1) is 0 Å². The molecule has 0 saturated carbocycles. The van der Waals surface area contributed by atoms with Crippen LogP contribution in [0.4, 0.5) is 11.6 Å². The van der Waals surface area contributed by atoms with Gasteiger partial charge < -0.3 is 15.1 Å². The molecule has 1 saturated heterocycles. The Balaban J connectivity index is 1.36. The number of carbonyl (C=O) groups is 1. The van der Waals surface area contributed by atoms with Gasteiger partial charge in [-0.3, -0.25) is 4.79 Å². The Labute approximate surface area is 171 Å². The van der Waals surface area contributed by atoms with Gasteiger partial charge in [0.2, 0.25) is 5.95 Å². The molecule has 3 aromatic rings. The number of aryl methyl sites for hydroxylation is 1. The number of carbonyl (C=O) groups excluding carboxylic acids is 1. The Morgan fingerprint density at radius 1 is 0.931 bits per heavy atom. The van der Waals surface area contributed by atoms with Crippen molar-refractivity contribution in [2.24, 2.45) is 0 Å². The monoisotopic (exact) mass is 387 g/mol. The van der Waals surface area contributed by atoms with Crippen LogP contribution < -0.4 is 15.1 Å². The van der Waals surface area contributed by atoms with E-state index >= 15 is 0 Å². The number of aromatic nitrogens is 2. The van der Waals surface area contributed by atoms with Gasteiger partial charge in [-0.05, 0) is 30.7 Å². The number of nitrogens with zero attached hydrogens (tertiary/aromatic N) is 4. The van der Waals surface area contributed by atoms with Gasteiger partial charge in [-0.25, -0.2) is 9.97 Å². The fourth-order valence-electron chi connectivity index (χ4n) is 3.41. The Bertz CT molecular complexity index is 951. The summed E-state index contributed by atoms with van der Waals surface area (Å²) in [6.07, 6.45) is 1.66. The Kier molecular flexibility index (Phi) is 5.70. The van der Waals surface area contributed by atoms with Crippen molar-refractivity contribution in [1.29, 1.82) is 0 Å². The predicted octanol–water partition coefficient (Wildman–Crippen LogP) is 3.04. The smallest absolute Gasteiger partial charge is 0.270 e. The van der Waals surface area contributed by atoms with Crippen LogP contribution in [0.15, 0.2) is 66.9 Å². The second-order valence-electron chi connectivity index (χ2n) is 7.22. The summed E-state index contributed by atoms with van der Waals surface area (Å²) in [6.45, 7) is 5.97. The minimum atomic E-state index is -0.183. The number of hydrogen-bond donors (Lipinski definition) is 1. The van der Waals surface area contributed by atoms with Crippen molar-refractivity contribution >= 4 is 17.5 Å². The number of benzene rings is 2. The quantitative estimate of drug-likeness (QED) is 0.729. The molecule has 4 rings (SSSR count). The average molecular weight is 387 g/mol. The van der Waals surface area contributed by atoms with Crippen LogP contribution in [0, 0.1) is 6.92 Å². The van der Waals surface area contributed by atoms with Crippen molar-refractivity contribution in [1.82, 2.24) is 15.3 Å². The molecule has 0 radical (unpaired) electrons. The van der Waals surface area contributed by atoms with Crippen LogP contribution in [0.3, 0.4) is 0 Å². The fraction of sp³-hybridized carbons (Fsp3) is 0.261. The summed E-state index contributed by atoms with van der Waals surface area (Å²) in [5.41, 5.74) is 3.90. The van der Waals surface area contributed by atoms with E-state index in [1.807, 2.05) is 37.3 Å². The number of para-hydroxylation sites is 1. The molecule has 2 aromatic carbocycles. The van der Waals surface area contributed by atoms with Crippen LogP contribution in [0.2, 0.25) is 0 Å². The van der Waals surface area contributed by atoms with E-state index in [0.717, 1.165) is 31.7 Å². The van der Waals surface area contributed by atoms with E-state index in [0.29, 0.717) is 18.2 Å². The molecule has 6 heteroatoms. The summed E-state index contributed by atoms with van der Waals surface area (Å²) in [4.78, 5) is 25.9. The van der Waals surface area contributed by atoms with E-state index in [1.165, 1.54) is 11.3 Å². The third-order valence-electron chi connectivity index (χ3n) is 5.13. The van der Waals surface area contributed by atoms with Crippen LogP contribution >= 0.6 is 0 Å². The highest BCUT2D eigenvalue weighted by Crippen LogP contribution is 2.18. The van der Waals surface area contributed by atoms with Gasteiger partial charge in [-0.2, -0.15) is 0 Å². The van der Waals surface area contributed by atoms with Crippen molar-refractivity contribution in [3.63, 3.8) is 0 Å². The molecule has 0 spiro atoms. The molecule has 0 unspecified atom stereocenters. The largest absolute Gasteiger partial charge is 0.368 e. The Morgan fingerprint density at radius 3 is 2.34 bits per heavy atom. The van der Waals surface area contributed by atoms with E-state index in [-0.39, 0.29) is 5.91 Å². The first kappa shape index (κ1) is 18.9. The van der Waals surface area contributed by atoms with Gasteiger partial charge in [-0.1, -0.05) is 48.0 Å². The minimum absolute atomic E-state index is 0.183. The lowest BCUT2D eigenvalue weighted by Crippen LogP contribution is -2.47. The summed E-state index contributed by atoms with van der Waals surface area (Å²) in [6, 6.07) is 20.2. The van der Waals surface area contributed by atoms with E-state index < -0.39 is 0 Å². The van der Waals surface area contributed by atoms with E-state index in [1.54, 1.807) is 12.3 Å². The van der Waals surface area contributed by atoms with Crippen molar-refractivity contribution in [2.45, 2.75) is 13.5 Å².